The van der Waals surface area contributed by atoms with Crippen LogP contribution >= 0.6 is 0 Å². The molecule has 1 heterocycles. The Morgan fingerprint density at radius 3 is 2.86 bits per heavy atom. The predicted octanol–water partition coefficient (Wildman–Crippen LogP) is 1.57. The van der Waals surface area contributed by atoms with Crippen molar-refractivity contribution in [2.45, 2.75) is 25.0 Å². The number of hydrogen-bond donors (Lipinski definition) is 2. The summed E-state index contributed by atoms with van der Waals surface area (Å²) in [6, 6.07) is 6.09. The average Bonchev–Trinajstić information content (AvgIpc) is 2.23. The normalized spacial score (nSPS) is 26.1. The maximum Gasteiger partial charge on any atom is 0.126 e. The molecular formula is C11H14N2O. The van der Waals surface area contributed by atoms with Gasteiger partial charge in [0.1, 0.15) is 5.82 Å². The van der Waals surface area contributed by atoms with Gasteiger partial charge in [0.2, 0.25) is 0 Å². The summed E-state index contributed by atoms with van der Waals surface area (Å²) in [6.07, 6.45) is 7.11. The second kappa shape index (κ2) is 4.24. The number of hydrogen-bond acceptors (Lipinski definition) is 3. The molecule has 2 rings (SSSR count). The van der Waals surface area contributed by atoms with Crippen LogP contribution in [-0.2, 0) is 0 Å². The molecule has 0 amide bonds. The van der Waals surface area contributed by atoms with Crippen molar-refractivity contribution in [3.05, 3.63) is 36.5 Å². The van der Waals surface area contributed by atoms with Crippen LogP contribution in [0.1, 0.15) is 12.8 Å². The van der Waals surface area contributed by atoms with Crippen LogP contribution in [0.2, 0.25) is 0 Å². The van der Waals surface area contributed by atoms with E-state index in [0.29, 0.717) is 6.04 Å². The van der Waals surface area contributed by atoms with E-state index >= 15 is 0 Å². The molecule has 1 aromatic rings. The third kappa shape index (κ3) is 2.33. The fourth-order valence-corrected chi connectivity index (χ4v) is 1.56. The molecule has 1 aliphatic carbocycles. The number of nitrogens with zero attached hydrogens (tertiary/aromatic N) is 1. The zero-order chi connectivity index (χ0) is 9.80. The molecule has 0 radical (unpaired) electrons. The van der Waals surface area contributed by atoms with Crippen molar-refractivity contribution >= 4 is 5.82 Å². The molecule has 2 unspecified atom stereocenters. The number of nitrogens with one attached hydrogen (secondary N) is 1. The quantitative estimate of drug-likeness (QED) is 0.696. The number of anilines is 1. The van der Waals surface area contributed by atoms with Crippen molar-refractivity contribution in [1.29, 1.82) is 0 Å². The van der Waals surface area contributed by atoms with E-state index in [1.807, 2.05) is 30.4 Å². The Morgan fingerprint density at radius 2 is 2.21 bits per heavy atom. The summed E-state index contributed by atoms with van der Waals surface area (Å²) in [4.78, 5) is 4.18. The first-order valence-corrected chi connectivity index (χ1v) is 4.88. The highest BCUT2D eigenvalue weighted by Crippen LogP contribution is 2.14. The molecule has 14 heavy (non-hydrogen) atoms. The maximum absolute atomic E-state index is 9.26. The molecule has 0 saturated heterocycles. The summed E-state index contributed by atoms with van der Waals surface area (Å²) in [5, 5.41) is 12.6. The molecule has 0 aliphatic heterocycles. The van der Waals surface area contributed by atoms with Gasteiger partial charge in [-0.25, -0.2) is 4.98 Å². The summed E-state index contributed by atoms with van der Waals surface area (Å²) in [6.45, 7) is 0. The zero-order valence-electron chi connectivity index (χ0n) is 7.93. The van der Waals surface area contributed by atoms with Crippen LogP contribution in [-0.4, -0.2) is 22.2 Å². The van der Waals surface area contributed by atoms with Crippen molar-refractivity contribution in [2.75, 3.05) is 5.32 Å². The van der Waals surface area contributed by atoms with Crippen molar-refractivity contribution in [3.63, 3.8) is 0 Å². The first-order valence-electron chi connectivity index (χ1n) is 4.88. The summed E-state index contributed by atoms with van der Waals surface area (Å²) in [5.74, 6) is 0.888. The molecule has 2 atom stereocenters. The molecule has 74 valence electrons. The number of aromatic nitrogens is 1. The van der Waals surface area contributed by atoms with Gasteiger partial charge in [-0.05, 0) is 25.0 Å². The highest BCUT2D eigenvalue weighted by atomic mass is 16.3. The van der Waals surface area contributed by atoms with Gasteiger partial charge < -0.3 is 10.4 Å². The molecule has 1 aliphatic rings. The Bertz CT molecular complexity index is 310. The molecule has 0 bridgehead atoms. The third-order valence-electron chi connectivity index (χ3n) is 2.34. The molecular weight excluding hydrogens is 176 g/mol. The van der Waals surface area contributed by atoms with Crippen LogP contribution in [0, 0.1) is 0 Å². The van der Waals surface area contributed by atoms with Gasteiger partial charge in [0.05, 0.1) is 6.10 Å². The van der Waals surface area contributed by atoms with Gasteiger partial charge in [0.15, 0.2) is 0 Å². The van der Waals surface area contributed by atoms with E-state index in [2.05, 4.69) is 10.3 Å². The Balaban J connectivity index is 1.96. The Morgan fingerprint density at radius 1 is 1.29 bits per heavy atom. The minimum absolute atomic E-state index is 0.267. The SMILES string of the molecule is OC1C=CC(Nc2ccccn2)CC1. The number of aliphatic hydroxyl groups excluding tert-OH is 1. The topological polar surface area (TPSA) is 45.1 Å². The maximum atomic E-state index is 9.26. The average molecular weight is 190 g/mol. The smallest absolute Gasteiger partial charge is 0.126 e. The van der Waals surface area contributed by atoms with E-state index in [0.717, 1.165) is 18.7 Å². The van der Waals surface area contributed by atoms with Crippen molar-refractivity contribution in [2.24, 2.45) is 0 Å². The molecule has 0 saturated carbocycles. The number of rotatable bonds is 2. The zero-order valence-corrected chi connectivity index (χ0v) is 7.93. The van der Waals surface area contributed by atoms with E-state index < -0.39 is 0 Å². The van der Waals surface area contributed by atoms with Crippen LogP contribution < -0.4 is 5.32 Å². The van der Waals surface area contributed by atoms with Crippen LogP contribution in [0.25, 0.3) is 0 Å². The lowest BCUT2D eigenvalue weighted by atomic mass is 10.0. The largest absolute Gasteiger partial charge is 0.389 e. The summed E-state index contributed by atoms with van der Waals surface area (Å²) in [7, 11) is 0. The van der Waals surface area contributed by atoms with Crippen LogP contribution in [0.4, 0.5) is 5.82 Å². The van der Waals surface area contributed by atoms with Gasteiger partial charge in [0, 0.05) is 12.2 Å². The highest BCUT2D eigenvalue weighted by Gasteiger charge is 2.13. The Kier molecular flexibility index (Phi) is 2.79. The van der Waals surface area contributed by atoms with Crippen molar-refractivity contribution in [1.82, 2.24) is 4.98 Å². The lowest BCUT2D eigenvalue weighted by Gasteiger charge is -2.21. The van der Waals surface area contributed by atoms with Crippen molar-refractivity contribution in [3.8, 4) is 0 Å². The predicted molar refractivity (Wildman–Crippen MR) is 56.0 cm³/mol. The summed E-state index contributed by atoms with van der Waals surface area (Å²) >= 11 is 0. The van der Waals surface area contributed by atoms with E-state index in [4.69, 9.17) is 0 Å². The van der Waals surface area contributed by atoms with Gasteiger partial charge in [-0.3, -0.25) is 0 Å². The van der Waals surface area contributed by atoms with E-state index in [9.17, 15) is 5.11 Å². The fraction of sp³-hybridized carbons (Fsp3) is 0.364. The summed E-state index contributed by atoms with van der Waals surface area (Å²) < 4.78 is 0. The first-order chi connectivity index (χ1) is 6.84. The second-order valence-electron chi connectivity index (χ2n) is 3.50. The van der Waals surface area contributed by atoms with Crippen molar-refractivity contribution < 1.29 is 5.11 Å². The van der Waals surface area contributed by atoms with Gasteiger partial charge in [-0.2, -0.15) is 0 Å². The molecule has 0 spiro atoms. The number of pyridine rings is 1. The third-order valence-corrected chi connectivity index (χ3v) is 2.34. The lowest BCUT2D eigenvalue weighted by molar-refractivity contribution is 0.202. The monoisotopic (exact) mass is 190 g/mol. The van der Waals surface area contributed by atoms with Gasteiger partial charge in [0.25, 0.3) is 0 Å². The fourth-order valence-electron chi connectivity index (χ4n) is 1.56. The second-order valence-corrected chi connectivity index (χ2v) is 3.50. The standard InChI is InChI=1S/C11H14N2O/c14-10-6-4-9(5-7-10)13-11-3-1-2-8-12-11/h1-4,6,8-10,14H,5,7H2,(H,12,13). The van der Waals surface area contributed by atoms with E-state index in [-0.39, 0.29) is 6.10 Å². The molecule has 0 fully saturated rings. The van der Waals surface area contributed by atoms with Crippen LogP contribution in [0.15, 0.2) is 36.5 Å². The summed E-state index contributed by atoms with van der Waals surface area (Å²) in [5.41, 5.74) is 0. The van der Waals surface area contributed by atoms with Crippen LogP contribution in [0.5, 0.6) is 0 Å². The van der Waals surface area contributed by atoms with Gasteiger partial charge in [-0.15, -0.1) is 0 Å². The van der Waals surface area contributed by atoms with Gasteiger partial charge >= 0.3 is 0 Å². The number of aliphatic hydroxyl groups is 1. The Labute approximate surface area is 83.5 Å². The minimum Gasteiger partial charge on any atom is -0.389 e. The molecule has 1 aromatic heterocycles. The minimum atomic E-state index is -0.267. The first kappa shape index (κ1) is 9.21. The highest BCUT2D eigenvalue weighted by molar-refractivity contribution is 5.36. The molecule has 3 nitrogen and oxygen atoms in total. The van der Waals surface area contributed by atoms with E-state index in [1.165, 1.54) is 0 Å². The molecule has 0 aromatic carbocycles. The lowest BCUT2D eigenvalue weighted by Crippen LogP contribution is -2.23. The molecule has 2 N–H and O–H groups in total. The van der Waals surface area contributed by atoms with E-state index in [1.54, 1.807) is 6.20 Å². The molecule has 3 heteroatoms. The van der Waals surface area contributed by atoms with Crippen LogP contribution in [0.3, 0.4) is 0 Å². The Hall–Kier alpha value is -1.35. The van der Waals surface area contributed by atoms with Gasteiger partial charge in [-0.1, -0.05) is 18.2 Å².